The molecule has 2 fully saturated rings. The number of ether oxygens (including phenoxy) is 1. The van der Waals surface area contributed by atoms with Crippen molar-refractivity contribution in [3.63, 3.8) is 0 Å². The van der Waals surface area contributed by atoms with Gasteiger partial charge in [-0.3, -0.25) is 9.35 Å². The van der Waals surface area contributed by atoms with Crippen LogP contribution < -0.4 is 4.90 Å². The Kier molecular flexibility index (Phi) is 9.81. The molecule has 0 saturated carbocycles. The zero-order chi connectivity index (χ0) is 29.0. The lowest BCUT2D eigenvalue weighted by atomic mass is 9.94. The summed E-state index contributed by atoms with van der Waals surface area (Å²) in [7, 11) is -4.14. The Balaban J connectivity index is 1.32. The molecule has 12 heteroatoms. The second kappa shape index (κ2) is 13.3. The van der Waals surface area contributed by atoms with Crippen LogP contribution in [0.15, 0.2) is 30.6 Å². The van der Waals surface area contributed by atoms with Crippen LogP contribution in [0, 0.1) is 5.92 Å². The van der Waals surface area contributed by atoms with E-state index in [4.69, 9.17) is 16.3 Å². The molecule has 1 aliphatic carbocycles. The lowest BCUT2D eigenvalue weighted by Crippen LogP contribution is -2.52. The van der Waals surface area contributed by atoms with Gasteiger partial charge in [0.1, 0.15) is 12.1 Å². The number of carbonyl (C=O) groups excluding carboxylic acids is 1. The molecule has 2 saturated heterocycles. The van der Waals surface area contributed by atoms with Crippen LogP contribution in [0.3, 0.4) is 0 Å². The molecule has 2 atom stereocenters. The monoisotopic (exact) mass is 605 g/mol. The molecule has 5 rings (SSSR count). The van der Waals surface area contributed by atoms with Crippen molar-refractivity contribution in [2.45, 2.75) is 44.4 Å². The molecule has 3 aliphatic rings. The van der Waals surface area contributed by atoms with Crippen LogP contribution in [-0.2, 0) is 26.1 Å². The lowest BCUT2D eigenvalue weighted by Gasteiger charge is -2.39. The fourth-order valence-corrected chi connectivity index (χ4v) is 6.92. The zero-order valence-electron chi connectivity index (χ0n) is 23.6. The number of aryl methyl sites for hydroxylation is 1. The molecule has 224 valence electrons. The van der Waals surface area contributed by atoms with Gasteiger partial charge in [0.2, 0.25) is 5.91 Å². The first-order valence-corrected chi connectivity index (χ1v) is 16.5. The van der Waals surface area contributed by atoms with E-state index in [-0.39, 0.29) is 18.2 Å². The summed E-state index contributed by atoms with van der Waals surface area (Å²) in [6, 6.07) is 7.32. The first-order valence-electron chi connectivity index (χ1n) is 14.6. The molecule has 10 nitrogen and oxygen atoms in total. The van der Waals surface area contributed by atoms with Crippen LogP contribution in [0.5, 0.6) is 0 Å². The predicted molar refractivity (Wildman–Crippen MR) is 158 cm³/mol. The number of hydrogen-bond donors (Lipinski definition) is 1. The van der Waals surface area contributed by atoms with E-state index in [9.17, 15) is 17.8 Å². The van der Waals surface area contributed by atoms with E-state index in [0.717, 1.165) is 42.8 Å². The Morgan fingerprint density at radius 2 is 1.83 bits per heavy atom. The smallest absolute Gasteiger partial charge is 0.266 e. The first kappa shape index (κ1) is 30.2. The van der Waals surface area contributed by atoms with E-state index in [0.29, 0.717) is 69.3 Å². The molecule has 41 heavy (non-hydrogen) atoms. The van der Waals surface area contributed by atoms with Gasteiger partial charge in [-0.15, -0.1) is 0 Å². The minimum atomic E-state index is -4.14. The van der Waals surface area contributed by atoms with Crippen molar-refractivity contribution in [3.05, 3.63) is 52.4 Å². The SMILES string of the molecule is CC1CCc2ncnc(N3CCN(C(=O)C(CN(CCS(=O)(=O)O)CC4CCOCC4)c4ccc(Cl)cc4)CC3)c21. The number of rotatable bonds is 10. The van der Waals surface area contributed by atoms with E-state index in [1.54, 1.807) is 18.5 Å². The van der Waals surface area contributed by atoms with Gasteiger partial charge in [-0.05, 0) is 55.2 Å². The molecule has 2 aromatic rings. The second-order valence-corrected chi connectivity index (χ2v) is 13.5. The largest absolute Gasteiger partial charge is 0.381 e. The van der Waals surface area contributed by atoms with Crippen molar-refractivity contribution in [2.24, 2.45) is 5.92 Å². The number of nitrogens with zero attached hydrogens (tertiary/aromatic N) is 5. The van der Waals surface area contributed by atoms with Crippen LogP contribution in [0.1, 0.15) is 54.8 Å². The summed E-state index contributed by atoms with van der Waals surface area (Å²) in [6.45, 7) is 7.23. The number of piperazine rings is 1. The van der Waals surface area contributed by atoms with Crippen molar-refractivity contribution < 1.29 is 22.5 Å². The minimum absolute atomic E-state index is 0.0112. The standard InChI is InChI=1S/C29H40ClN5O5S/c1-21-2-7-26-27(21)28(32-20-31-26)34-10-12-35(13-11-34)29(36)25(23-3-5-24(30)6-4-23)19-33(14-17-41(37,38)39)18-22-8-15-40-16-9-22/h3-6,20-22,25H,2,7-19H2,1H3,(H,37,38,39). The van der Waals surface area contributed by atoms with Crippen LogP contribution in [0.4, 0.5) is 5.82 Å². The zero-order valence-corrected chi connectivity index (χ0v) is 25.2. The number of anilines is 1. The molecule has 1 N–H and O–H groups in total. The normalized spacial score (nSPS) is 20.8. The van der Waals surface area contributed by atoms with Gasteiger partial charge in [0, 0.05) is 75.3 Å². The van der Waals surface area contributed by atoms with Gasteiger partial charge in [-0.1, -0.05) is 30.7 Å². The number of halogens is 1. The fraction of sp³-hybridized carbons (Fsp3) is 0.621. The summed E-state index contributed by atoms with van der Waals surface area (Å²) < 4.78 is 38.3. The number of amides is 1. The van der Waals surface area contributed by atoms with Crippen molar-refractivity contribution >= 4 is 33.4 Å². The van der Waals surface area contributed by atoms with Crippen LogP contribution in [0.25, 0.3) is 0 Å². The third-order valence-corrected chi connectivity index (χ3v) is 9.63. The highest BCUT2D eigenvalue weighted by molar-refractivity contribution is 7.85. The first-order chi connectivity index (χ1) is 19.7. The summed E-state index contributed by atoms with van der Waals surface area (Å²) in [4.78, 5) is 29.5. The fourth-order valence-electron chi connectivity index (χ4n) is 6.31. The maximum Gasteiger partial charge on any atom is 0.266 e. The molecular weight excluding hydrogens is 566 g/mol. The topological polar surface area (TPSA) is 116 Å². The van der Waals surface area contributed by atoms with Crippen molar-refractivity contribution in [1.29, 1.82) is 0 Å². The van der Waals surface area contributed by atoms with E-state index >= 15 is 0 Å². The summed E-state index contributed by atoms with van der Waals surface area (Å²) >= 11 is 6.18. The molecule has 0 bridgehead atoms. The molecule has 1 aromatic carbocycles. The number of benzene rings is 1. The molecule has 1 aromatic heterocycles. The average molecular weight is 606 g/mol. The van der Waals surface area contributed by atoms with Crippen LogP contribution in [0.2, 0.25) is 5.02 Å². The number of hydrogen-bond acceptors (Lipinski definition) is 8. The number of aromatic nitrogens is 2. The third kappa shape index (κ3) is 7.75. The molecule has 0 spiro atoms. The number of carbonyl (C=O) groups is 1. The van der Waals surface area contributed by atoms with Gasteiger partial charge in [0.25, 0.3) is 10.1 Å². The summed E-state index contributed by atoms with van der Waals surface area (Å²) in [5.41, 5.74) is 3.22. The molecule has 3 heterocycles. The molecule has 1 amide bonds. The summed E-state index contributed by atoms with van der Waals surface area (Å²) in [5.74, 6) is 0.902. The van der Waals surface area contributed by atoms with Gasteiger partial charge < -0.3 is 19.4 Å². The maximum absolute atomic E-state index is 14.1. The highest BCUT2D eigenvalue weighted by Gasteiger charge is 2.33. The molecule has 2 unspecified atom stereocenters. The van der Waals surface area contributed by atoms with Gasteiger partial charge in [0.15, 0.2) is 0 Å². The Hall–Kier alpha value is -2.31. The Morgan fingerprint density at radius 3 is 2.51 bits per heavy atom. The van der Waals surface area contributed by atoms with Gasteiger partial charge in [0.05, 0.1) is 11.7 Å². The summed E-state index contributed by atoms with van der Waals surface area (Å²) in [6.07, 6.45) is 5.49. The molecule has 0 radical (unpaired) electrons. The minimum Gasteiger partial charge on any atom is -0.381 e. The van der Waals surface area contributed by atoms with Crippen molar-refractivity contribution in [1.82, 2.24) is 19.8 Å². The van der Waals surface area contributed by atoms with E-state index in [2.05, 4.69) is 21.8 Å². The Labute approximate surface area is 247 Å². The van der Waals surface area contributed by atoms with E-state index < -0.39 is 16.0 Å². The predicted octanol–water partition coefficient (Wildman–Crippen LogP) is 3.23. The van der Waals surface area contributed by atoms with Crippen molar-refractivity contribution in [2.75, 3.05) is 69.7 Å². The van der Waals surface area contributed by atoms with Gasteiger partial charge in [-0.25, -0.2) is 9.97 Å². The van der Waals surface area contributed by atoms with Gasteiger partial charge >= 0.3 is 0 Å². The molecule has 2 aliphatic heterocycles. The summed E-state index contributed by atoms with van der Waals surface area (Å²) in [5, 5.41) is 0.589. The van der Waals surface area contributed by atoms with Crippen molar-refractivity contribution in [3.8, 4) is 0 Å². The lowest BCUT2D eigenvalue weighted by molar-refractivity contribution is -0.133. The molecular formula is C29H40ClN5O5S. The highest BCUT2D eigenvalue weighted by atomic mass is 35.5. The maximum atomic E-state index is 14.1. The number of fused-ring (bicyclic) bond motifs is 1. The van der Waals surface area contributed by atoms with E-state index in [1.807, 2.05) is 21.9 Å². The third-order valence-electron chi connectivity index (χ3n) is 8.68. The van der Waals surface area contributed by atoms with E-state index in [1.165, 1.54) is 5.56 Å². The van der Waals surface area contributed by atoms with Crippen LogP contribution >= 0.6 is 11.6 Å². The van der Waals surface area contributed by atoms with Crippen LogP contribution in [-0.4, -0.2) is 103 Å². The Morgan fingerprint density at radius 1 is 1.12 bits per heavy atom. The highest BCUT2D eigenvalue weighted by Crippen LogP contribution is 2.37. The Bertz CT molecular complexity index is 1300. The average Bonchev–Trinajstić information content (AvgIpc) is 3.36. The second-order valence-electron chi connectivity index (χ2n) is 11.5. The van der Waals surface area contributed by atoms with Gasteiger partial charge in [-0.2, -0.15) is 8.42 Å². The quantitative estimate of drug-likeness (QED) is 0.407.